The van der Waals surface area contributed by atoms with Crippen molar-refractivity contribution in [1.82, 2.24) is 0 Å². The van der Waals surface area contributed by atoms with Crippen molar-refractivity contribution in [3.8, 4) is 0 Å². The van der Waals surface area contributed by atoms with Crippen LogP contribution in [0.25, 0.3) is 0 Å². The number of allylic oxidation sites excluding steroid dienone is 16. The predicted molar refractivity (Wildman–Crippen MR) is 362 cm³/mol. The van der Waals surface area contributed by atoms with Gasteiger partial charge in [-0.05, 0) is 96.3 Å². The highest BCUT2D eigenvalue weighted by Crippen LogP contribution is 2.18. The first kappa shape index (κ1) is 79.3. The minimum Gasteiger partial charge on any atom is -0.462 e. The van der Waals surface area contributed by atoms with Gasteiger partial charge in [0, 0.05) is 19.3 Å². The van der Waals surface area contributed by atoms with E-state index in [1.807, 2.05) is 0 Å². The second-order valence-corrected chi connectivity index (χ2v) is 23.7. The molecule has 1 unspecified atom stereocenters. The van der Waals surface area contributed by atoms with Gasteiger partial charge in [0.05, 0.1) is 0 Å². The van der Waals surface area contributed by atoms with Gasteiger partial charge in [-0.15, -0.1) is 0 Å². The van der Waals surface area contributed by atoms with Gasteiger partial charge in [-0.3, -0.25) is 14.4 Å². The zero-order valence-corrected chi connectivity index (χ0v) is 54.9. The van der Waals surface area contributed by atoms with Crippen LogP contribution in [0.2, 0.25) is 0 Å². The second kappa shape index (κ2) is 70.8. The van der Waals surface area contributed by atoms with Crippen molar-refractivity contribution in [2.24, 2.45) is 0 Å². The van der Waals surface area contributed by atoms with Crippen LogP contribution in [0, 0.1) is 0 Å². The molecule has 0 rings (SSSR count). The summed E-state index contributed by atoms with van der Waals surface area (Å²) in [6.07, 6.45) is 95.9. The summed E-state index contributed by atoms with van der Waals surface area (Å²) >= 11 is 0. The number of esters is 3. The third-order valence-electron chi connectivity index (χ3n) is 15.6. The minimum atomic E-state index is -0.779. The maximum absolute atomic E-state index is 12.9. The molecule has 1 atom stereocenters. The maximum Gasteiger partial charge on any atom is 0.306 e. The van der Waals surface area contributed by atoms with Crippen LogP contribution in [0.15, 0.2) is 97.2 Å². The molecule has 0 aromatic rings. The van der Waals surface area contributed by atoms with Crippen molar-refractivity contribution in [3.05, 3.63) is 97.2 Å². The quantitative estimate of drug-likeness (QED) is 0.0261. The summed E-state index contributed by atoms with van der Waals surface area (Å²) in [5.41, 5.74) is 0. The Hall–Kier alpha value is -3.67. The summed E-state index contributed by atoms with van der Waals surface area (Å²) < 4.78 is 17.0. The Morgan fingerprint density at radius 1 is 0.253 bits per heavy atom. The highest BCUT2D eigenvalue weighted by Gasteiger charge is 2.19. The van der Waals surface area contributed by atoms with E-state index in [1.165, 1.54) is 199 Å². The zero-order valence-electron chi connectivity index (χ0n) is 54.9. The minimum absolute atomic E-state index is 0.0754. The molecule has 0 aromatic carbocycles. The van der Waals surface area contributed by atoms with Crippen molar-refractivity contribution in [1.29, 1.82) is 0 Å². The lowest BCUT2D eigenvalue weighted by Gasteiger charge is -2.18. The molecule has 0 radical (unpaired) electrons. The first-order valence-electron chi connectivity index (χ1n) is 35.7. The molecule has 0 N–H and O–H groups in total. The first-order chi connectivity index (χ1) is 41.0. The monoisotopic (exact) mass is 1160 g/mol. The van der Waals surface area contributed by atoms with Crippen LogP contribution in [0.1, 0.15) is 355 Å². The Labute approximate surface area is 515 Å². The molecular weight excluding hydrogens is 1020 g/mol. The van der Waals surface area contributed by atoms with Gasteiger partial charge in [0.25, 0.3) is 0 Å². The Morgan fingerprint density at radius 3 is 0.735 bits per heavy atom. The van der Waals surface area contributed by atoms with E-state index >= 15 is 0 Å². The molecule has 0 fully saturated rings. The summed E-state index contributed by atoms with van der Waals surface area (Å²) in [7, 11) is 0. The molecule has 0 aliphatic carbocycles. The van der Waals surface area contributed by atoms with Gasteiger partial charge in [0.1, 0.15) is 13.2 Å². The van der Waals surface area contributed by atoms with Crippen LogP contribution in [-0.2, 0) is 28.6 Å². The number of ether oxygens (including phenoxy) is 3. The summed E-state index contributed by atoms with van der Waals surface area (Å²) in [6, 6.07) is 0. The third kappa shape index (κ3) is 69.0. The van der Waals surface area contributed by atoms with Gasteiger partial charge in [0.2, 0.25) is 0 Å². The van der Waals surface area contributed by atoms with Crippen molar-refractivity contribution in [2.75, 3.05) is 13.2 Å². The summed E-state index contributed by atoms with van der Waals surface area (Å²) in [4.78, 5) is 38.4. The first-order valence-corrected chi connectivity index (χ1v) is 35.7. The van der Waals surface area contributed by atoms with Crippen LogP contribution >= 0.6 is 0 Å². The van der Waals surface area contributed by atoms with Crippen LogP contribution in [0.5, 0.6) is 0 Å². The van der Waals surface area contributed by atoms with Crippen LogP contribution < -0.4 is 0 Å². The Kier molecular flexibility index (Phi) is 67.7. The molecule has 0 spiro atoms. The summed E-state index contributed by atoms with van der Waals surface area (Å²) in [6.45, 7) is 6.44. The van der Waals surface area contributed by atoms with E-state index in [9.17, 15) is 14.4 Å². The fourth-order valence-corrected chi connectivity index (χ4v) is 10.3. The summed E-state index contributed by atoms with van der Waals surface area (Å²) in [5.74, 6) is -0.865. The predicted octanol–water partition coefficient (Wildman–Crippen LogP) is 24.8. The normalized spacial score (nSPS) is 12.7. The lowest BCUT2D eigenvalue weighted by Crippen LogP contribution is -2.30. The molecule has 0 aliphatic rings. The maximum atomic E-state index is 12.9. The molecule has 0 aromatic heterocycles. The van der Waals surface area contributed by atoms with Gasteiger partial charge in [-0.1, -0.05) is 336 Å². The largest absolute Gasteiger partial charge is 0.462 e. The molecule has 0 saturated carbocycles. The molecule has 83 heavy (non-hydrogen) atoms. The highest BCUT2D eigenvalue weighted by molar-refractivity contribution is 5.71. The topological polar surface area (TPSA) is 78.9 Å². The van der Waals surface area contributed by atoms with Crippen molar-refractivity contribution in [2.45, 2.75) is 361 Å². The molecule has 0 amide bonds. The van der Waals surface area contributed by atoms with E-state index in [-0.39, 0.29) is 31.1 Å². The average molecular weight is 1160 g/mol. The number of rotatable bonds is 65. The Balaban J connectivity index is 4.14. The van der Waals surface area contributed by atoms with E-state index in [1.54, 1.807) is 0 Å². The van der Waals surface area contributed by atoms with E-state index in [0.717, 1.165) is 116 Å². The number of carbonyl (C=O) groups is 3. The fourth-order valence-electron chi connectivity index (χ4n) is 10.3. The van der Waals surface area contributed by atoms with Gasteiger partial charge in [-0.2, -0.15) is 0 Å². The number of carbonyl (C=O) groups excluding carboxylic acids is 3. The highest BCUT2D eigenvalue weighted by atomic mass is 16.6. The van der Waals surface area contributed by atoms with Gasteiger partial charge >= 0.3 is 17.9 Å². The molecular formula is C77H134O6. The van der Waals surface area contributed by atoms with Crippen molar-refractivity contribution >= 4 is 17.9 Å². The van der Waals surface area contributed by atoms with Crippen LogP contribution in [-0.4, -0.2) is 37.2 Å². The molecule has 0 aliphatic heterocycles. The molecule has 6 heteroatoms. The van der Waals surface area contributed by atoms with Gasteiger partial charge < -0.3 is 14.2 Å². The Bertz CT molecular complexity index is 1610. The lowest BCUT2D eigenvalue weighted by molar-refractivity contribution is -0.167. The SMILES string of the molecule is CC/C=C\C/C=C\C/C=C\C/C=C\CCCCCCCCCCCCCCCCCCCCCCC(=O)OCC(COC(=O)CCCCCCCCCCCCC)OC(=O)CCCCCCCCCC/C=C\C/C=C\C/C=C\C/C=C\CC. The van der Waals surface area contributed by atoms with Crippen molar-refractivity contribution in [3.63, 3.8) is 0 Å². The molecule has 478 valence electrons. The number of hydrogen-bond donors (Lipinski definition) is 0. The van der Waals surface area contributed by atoms with Crippen LogP contribution in [0.4, 0.5) is 0 Å². The van der Waals surface area contributed by atoms with Crippen molar-refractivity contribution < 1.29 is 28.6 Å². The smallest absolute Gasteiger partial charge is 0.306 e. The molecule has 0 bridgehead atoms. The third-order valence-corrected chi connectivity index (χ3v) is 15.6. The number of hydrogen-bond acceptors (Lipinski definition) is 6. The molecule has 0 heterocycles. The lowest BCUT2D eigenvalue weighted by atomic mass is 10.0. The summed E-state index contributed by atoms with van der Waals surface area (Å²) in [5, 5.41) is 0. The van der Waals surface area contributed by atoms with Gasteiger partial charge in [-0.25, -0.2) is 0 Å². The van der Waals surface area contributed by atoms with E-state index < -0.39 is 6.10 Å². The number of unbranched alkanes of at least 4 members (excludes halogenated alkanes) is 38. The molecule has 0 saturated heterocycles. The standard InChI is InChI=1S/C77H134O6/c1-4-7-10-13-16-19-22-24-26-28-30-32-33-34-35-36-37-38-39-40-41-42-43-45-46-48-50-52-55-58-61-64-67-70-76(79)82-73-74(72-81-75(78)69-66-63-60-57-54-21-18-15-12-9-6-3)83-77(80)71-68-65-62-59-56-53-51-49-47-44-31-29-27-25-23-20-17-14-11-8-5-2/h7-8,10-11,16-17,19-20,24-27,30-32,44,74H,4-6,9,12-15,18,21-23,28-29,33-43,45-73H2,1-3H3/b10-7-,11-8-,19-16-,20-17-,26-24-,27-25-,32-30-,44-31-. The van der Waals surface area contributed by atoms with Gasteiger partial charge in [0.15, 0.2) is 6.10 Å². The van der Waals surface area contributed by atoms with Crippen LogP contribution in [0.3, 0.4) is 0 Å². The zero-order chi connectivity index (χ0) is 59.9. The Morgan fingerprint density at radius 2 is 0.470 bits per heavy atom. The fraction of sp³-hybridized carbons (Fsp3) is 0.753. The average Bonchev–Trinajstić information content (AvgIpc) is 3.48. The van der Waals surface area contributed by atoms with E-state index in [0.29, 0.717) is 19.3 Å². The van der Waals surface area contributed by atoms with E-state index in [2.05, 4.69) is 118 Å². The molecule has 6 nitrogen and oxygen atoms in total. The second-order valence-electron chi connectivity index (χ2n) is 23.7. The van der Waals surface area contributed by atoms with E-state index in [4.69, 9.17) is 14.2 Å².